The lowest BCUT2D eigenvalue weighted by molar-refractivity contribution is 0.0708. The zero-order chi connectivity index (χ0) is 20.6. The van der Waals surface area contributed by atoms with Gasteiger partial charge in [-0.3, -0.25) is 9.59 Å². The predicted molar refractivity (Wildman–Crippen MR) is 114 cm³/mol. The number of hydrogen-bond acceptors (Lipinski definition) is 4. The fourth-order valence-electron chi connectivity index (χ4n) is 3.49. The molecule has 1 heterocycles. The van der Waals surface area contributed by atoms with Crippen molar-refractivity contribution >= 4 is 17.5 Å². The molecule has 6 heteroatoms. The number of ether oxygens (including phenoxy) is 1. The van der Waals surface area contributed by atoms with Crippen molar-refractivity contribution in [2.24, 2.45) is 0 Å². The second kappa shape index (κ2) is 10.1. The van der Waals surface area contributed by atoms with E-state index in [4.69, 9.17) is 4.74 Å². The summed E-state index contributed by atoms with van der Waals surface area (Å²) in [5, 5.41) is 6.35. The van der Waals surface area contributed by atoms with Crippen molar-refractivity contribution in [3.05, 3.63) is 65.2 Å². The molecule has 1 atom stereocenters. The third-order valence-corrected chi connectivity index (χ3v) is 4.91. The third kappa shape index (κ3) is 4.95. The monoisotopic (exact) mass is 395 g/mol. The van der Waals surface area contributed by atoms with Gasteiger partial charge in [-0.15, -0.1) is 0 Å². The van der Waals surface area contributed by atoms with E-state index < -0.39 is 0 Å². The Bertz CT molecular complexity index is 853. The zero-order valence-corrected chi connectivity index (χ0v) is 17.1. The maximum Gasteiger partial charge on any atom is 0.256 e. The standard InChI is InChI=1S/C23H29N3O3/c1-3-13-24-22(27)17-9-7-10-18(16-17)25-21-19-11-5-6-12-20(19)23(28)26(21)14-8-15-29-4-2/h5-7,9-12,16,21,25H,3-4,8,13-15H2,1-2H3,(H,24,27). The molecule has 1 aliphatic heterocycles. The molecule has 0 saturated carbocycles. The van der Waals surface area contributed by atoms with Crippen molar-refractivity contribution < 1.29 is 14.3 Å². The van der Waals surface area contributed by atoms with Crippen molar-refractivity contribution in [2.45, 2.75) is 32.9 Å². The summed E-state index contributed by atoms with van der Waals surface area (Å²) in [6, 6.07) is 15.1. The molecule has 2 amide bonds. The van der Waals surface area contributed by atoms with E-state index in [1.54, 1.807) is 6.07 Å². The molecule has 154 valence electrons. The minimum Gasteiger partial charge on any atom is -0.382 e. The molecule has 1 aliphatic rings. The van der Waals surface area contributed by atoms with Crippen molar-refractivity contribution in [3.8, 4) is 0 Å². The van der Waals surface area contributed by atoms with Gasteiger partial charge in [0, 0.05) is 48.7 Å². The highest BCUT2D eigenvalue weighted by Crippen LogP contribution is 2.34. The number of nitrogens with one attached hydrogen (secondary N) is 2. The molecule has 0 radical (unpaired) electrons. The smallest absolute Gasteiger partial charge is 0.256 e. The zero-order valence-electron chi connectivity index (χ0n) is 17.1. The van der Waals surface area contributed by atoms with E-state index in [1.807, 2.05) is 61.2 Å². The van der Waals surface area contributed by atoms with E-state index in [2.05, 4.69) is 10.6 Å². The highest BCUT2D eigenvalue weighted by Gasteiger charge is 2.36. The van der Waals surface area contributed by atoms with Gasteiger partial charge in [-0.25, -0.2) is 0 Å². The van der Waals surface area contributed by atoms with Crippen LogP contribution in [0.2, 0.25) is 0 Å². The number of fused-ring (bicyclic) bond motifs is 1. The largest absolute Gasteiger partial charge is 0.382 e. The van der Waals surface area contributed by atoms with E-state index in [0.29, 0.717) is 31.9 Å². The Morgan fingerprint density at radius 1 is 1.14 bits per heavy atom. The third-order valence-electron chi connectivity index (χ3n) is 4.91. The molecule has 0 aromatic heterocycles. The van der Waals surface area contributed by atoms with Gasteiger partial charge in [0.15, 0.2) is 0 Å². The number of carbonyl (C=O) groups excluding carboxylic acids is 2. The number of carbonyl (C=O) groups is 2. The Kier molecular flexibility index (Phi) is 7.25. The summed E-state index contributed by atoms with van der Waals surface area (Å²) in [6.07, 6.45) is 1.39. The molecule has 1 unspecified atom stereocenters. The van der Waals surface area contributed by atoms with Gasteiger partial charge in [-0.1, -0.05) is 31.2 Å². The lowest BCUT2D eigenvalue weighted by Gasteiger charge is -2.27. The fraction of sp³-hybridized carbons (Fsp3) is 0.391. The van der Waals surface area contributed by atoms with Crippen LogP contribution in [-0.4, -0.2) is 43.0 Å². The number of nitrogens with zero attached hydrogens (tertiary/aromatic N) is 1. The maximum absolute atomic E-state index is 12.9. The van der Waals surface area contributed by atoms with Crippen LogP contribution >= 0.6 is 0 Å². The average molecular weight is 396 g/mol. The average Bonchev–Trinajstić information content (AvgIpc) is 3.01. The summed E-state index contributed by atoms with van der Waals surface area (Å²) in [4.78, 5) is 27.1. The summed E-state index contributed by atoms with van der Waals surface area (Å²) in [5.41, 5.74) is 3.08. The van der Waals surface area contributed by atoms with E-state index in [0.717, 1.165) is 29.7 Å². The van der Waals surface area contributed by atoms with Crippen LogP contribution in [0.5, 0.6) is 0 Å². The van der Waals surface area contributed by atoms with Gasteiger partial charge in [-0.2, -0.15) is 0 Å². The Morgan fingerprint density at radius 3 is 2.76 bits per heavy atom. The van der Waals surface area contributed by atoms with Crippen LogP contribution in [0.3, 0.4) is 0 Å². The Balaban J connectivity index is 1.79. The van der Waals surface area contributed by atoms with Crippen molar-refractivity contribution in [1.82, 2.24) is 10.2 Å². The molecular weight excluding hydrogens is 366 g/mol. The number of rotatable bonds is 10. The highest BCUT2D eigenvalue weighted by atomic mass is 16.5. The van der Waals surface area contributed by atoms with Gasteiger partial charge in [0.05, 0.1) is 0 Å². The minimum absolute atomic E-state index is 0.0199. The SMILES string of the molecule is CCCNC(=O)c1cccc(NC2c3ccccc3C(=O)N2CCCOCC)c1. The van der Waals surface area contributed by atoms with Crippen LogP contribution in [0.15, 0.2) is 48.5 Å². The van der Waals surface area contributed by atoms with Gasteiger partial charge < -0.3 is 20.3 Å². The van der Waals surface area contributed by atoms with E-state index in [-0.39, 0.29) is 18.0 Å². The maximum atomic E-state index is 12.9. The van der Waals surface area contributed by atoms with Crippen LogP contribution in [0.1, 0.15) is 59.1 Å². The summed E-state index contributed by atoms with van der Waals surface area (Å²) < 4.78 is 5.43. The van der Waals surface area contributed by atoms with Gasteiger partial charge in [0.2, 0.25) is 0 Å². The van der Waals surface area contributed by atoms with Crippen LogP contribution in [0.4, 0.5) is 5.69 Å². The van der Waals surface area contributed by atoms with Crippen molar-refractivity contribution in [2.75, 3.05) is 31.6 Å². The van der Waals surface area contributed by atoms with Crippen molar-refractivity contribution in [3.63, 3.8) is 0 Å². The molecule has 29 heavy (non-hydrogen) atoms. The minimum atomic E-state index is -0.269. The molecule has 0 aliphatic carbocycles. The summed E-state index contributed by atoms with van der Waals surface area (Å²) in [6.45, 7) is 6.52. The molecule has 2 N–H and O–H groups in total. The first-order valence-electron chi connectivity index (χ1n) is 10.3. The first kappa shape index (κ1) is 20.9. The lowest BCUT2D eigenvalue weighted by Crippen LogP contribution is -2.33. The molecular formula is C23H29N3O3. The second-order valence-corrected chi connectivity index (χ2v) is 7.02. The molecule has 2 aromatic rings. The number of amides is 2. The summed E-state index contributed by atoms with van der Waals surface area (Å²) in [5.74, 6) is -0.0709. The van der Waals surface area contributed by atoms with E-state index in [9.17, 15) is 9.59 Å². The first-order valence-corrected chi connectivity index (χ1v) is 10.3. The van der Waals surface area contributed by atoms with Gasteiger partial charge in [0.1, 0.15) is 6.17 Å². The topological polar surface area (TPSA) is 70.7 Å². The molecule has 6 nitrogen and oxygen atoms in total. The van der Waals surface area contributed by atoms with Gasteiger partial charge in [-0.05, 0) is 44.0 Å². The molecule has 0 bridgehead atoms. The first-order chi connectivity index (χ1) is 14.2. The highest BCUT2D eigenvalue weighted by molar-refractivity contribution is 5.99. The molecule has 3 rings (SSSR count). The van der Waals surface area contributed by atoms with Gasteiger partial charge >= 0.3 is 0 Å². The normalized spacial score (nSPS) is 15.3. The Labute approximate surface area is 172 Å². The predicted octanol–water partition coefficient (Wildman–Crippen LogP) is 3.82. The van der Waals surface area contributed by atoms with E-state index >= 15 is 0 Å². The fourth-order valence-corrected chi connectivity index (χ4v) is 3.49. The second-order valence-electron chi connectivity index (χ2n) is 7.02. The van der Waals surface area contributed by atoms with Crippen LogP contribution in [-0.2, 0) is 4.74 Å². The van der Waals surface area contributed by atoms with E-state index in [1.165, 1.54) is 0 Å². The lowest BCUT2D eigenvalue weighted by atomic mass is 10.1. The molecule has 0 fully saturated rings. The molecule has 2 aromatic carbocycles. The molecule has 0 saturated heterocycles. The number of benzene rings is 2. The van der Waals surface area contributed by atoms with Crippen molar-refractivity contribution in [1.29, 1.82) is 0 Å². The summed E-state index contributed by atoms with van der Waals surface area (Å²) in [7, 11) is 0. The van der Waals surface area contributed by atoms with Crippen LogP contribution < -0.4 is 10.6 Å². The Morgan fingerprint density at radius 2 is 1.97 bits per heavy atom. The summed E-state index contributed by atoms with van der Waals surface area (Å²) >= 11 is 0. The Hall–Kier alpha value is -2.86. The van der Waals surface area contributed by atoms with Gasteiger partial charge in [0.25, 0.3) is 11.8 Å². The van der Waals surface area contributed by atoms with Crippen LogP contribution in [0.25, 0.3) is 0 Å². The number of hydrogen-bond donors (Lipinski definition) is 2. The number of anilines is 1. The molecule has 0 spiro atoms. The van der Waals surface area contributed by atoms with Crippen LogP contribution in [0, 0.1) is 0 Å². The quantitative estimate of drug-likeness (QED) is 0.600.